The number of phenolic OH excluding ortho intramolecular Hbond substituents is 2. The van der Waals surface area contributed by atoms with Crippen LogP contribution in [0.1, 0.15) is 6.92 Å². The molecule has 20 heteroatoms. The summed E-state index contributed by atoms with van der Waals surface area (Å²) in [6.07, 6.45) is -24.6. The van der Waals surface area contributed by atoms with Crippen LogP contribution in [0.5, 0.6) is 23.0 Å². The van der Waals surface area contributed by atoms with Gasteiger partial charge < -0.3 is 94.1 Å². The normalized spacial score (nSPS) is 37.8. The van der Waals surface area contributed by atoms with Gasteiger partial charge in [0.1, 0.15) is 95.4 Å². The van der Waals surface area contributed by atoms with Crippen LogP contribution >= 0.6 is 0 Å². The molecule has 6 rings (SSSR count). The standard InChI is InChI=1S/C33H40O20/c1-10-28(52-32-25(44)22(41)19(38)16(8-34)50-32)24(43)27(46)31(47-10)48-13-6-14(37)18-15(7-13)49-29(11-2-4-12(36)5-3-11)30(21(18)40)53-33-26(45)23(42)20(39)17(9-35)51-33/h2-7,10,16-17,19-20,22-28,31-39,41-46H,8-9H2,1H3/t10-,16-,17+,19-,20+,22+,23-,24-,25-,26+,27+,28-,31-,32+,33-/m0/s1. The van der Waals surface area contributed by atoms with E-state index in [0.29, 0.717) is 0 Å². The quantitative estimate of drug-likeness (QED) is 0.0992. The van der Waals surface area contributed by atoms with E-state index in [9.17, 15) is 66.1 Å². The van der Waals surface area contributed by atoms with Gasteiger partial charge in [-0.2, -0.15) is 0 Å². The molecular formula is C33H40O20. The molecule has 53 heavy (non-hydrogen) atoms. The Kier molecular flexibility index (Phi) is 11.5. The van der Waals surface area contributed by atoms with Gasteiger partial charge in [-0.1, -0.05) is 0 Å². The molecule has 15 atom stereocenters. The van der Waals surface area contributed by atoms with Crippen LogP contribution in [0.25, 0.3) is 22.3 Å². The summed E-state index contributed by atoms with van der Waals surface area (Å²) in [7, 11) is 0. The lowest BCUT2D eigenvalue weighted by atomic mass is 9.97. The minimum absolute atomic E-state index is 0.139. The zero-order chi connectivity index (χ0) is 38.5. The number of fused-ring (bicyclic) bond motifs is 1. The molecule has 3 fully saturated rings. The van der Waals surface area contributed by atoms with Gasteiger partial charge >= 0.3 is 0 Å². The SMILES string of the molecule is C[C@@H]1O[C@@H](Oc2cc(O)c3c(=O)c(O[C@@H]4O[C@H](CO)[C@@H](O)[C@H](O)[C@H]4O)c(-c4ccc(O)cc4)oc3c2)[C@H](O)[C@H](O)[C@H]1O[C@H]1O[C@@H](CO)[C@H](O)[C@@H](O)[C@@H]1O. The first-order valence-corrected chi connectivity index (χ1v) is 16.4. The number of aliphatic hydroxyl groups excluding tert-OH is 10. The molecule has 0 saturated carbocycles. The summed E-state index contributed by atoms with van der Waals surface area (Å²) < 4.78 is 39.5. The largest absolute Gasteiger partial charge is 0.508 e. The summed E-state index contributed by atoms with van der Waals surface area (Å²) in [5, 5.41) is 123. The highest BCUT2D eigenvalue weighted by molar-refractivity contribution is 5.88. The molecule has 0 bridgehead atoms. The lowest BCUT2D eigenvalue weighted by Crippen LogP contribution is -2.64. The van der Waals surface area contributed by atoms with Gasteiger partial charge in [0, 0.05) is 17.7 Å². The average Bonchev–Trinajstić information content (AvgIpc) is 3.13. The number of aromatic hydroxyl groups is 2. The van der Waals surface area contributed by atoms with E-state index in [2.05, 4.69) is 0 Å². The van der Waals surface area contributed by atoms with E-state index in [1.807, 2.05) is 0 Å². The monoisotopic (exact) mass is 756 g/mol. The summed E-state index contributed by atoms with van der Waals surface area (Å²) >= 11 is 0. The third-order valence-corrected chi connectivity index (χ3v) is 9.29. The van der Waals surface area contributed by atoms with Crippen LogP contribution in [0, 0.1) is 0 Å². The minimum atomic E-state index is -1.91. The van der Waals surface area contributed by atoms with Crippen molar-refractivity contribution in [1.82, 2.24) is 0 Å². The number of phenols is 2. The molecule has 3 aliphatic rings. The summed E-state index contributed by atoms with van der Waals surface area (Å²) in [5.74, 6) is -2.07. The molecule has 2 aromatic carbocycles. The molecule has 3 aliphatic heterocycles. The van der Waals surface area contributed by atoms with Crippen molar-refractivity contribution in [2.75, 3.05) is 13.2 Å². The van der Waals surface area contributed by atoms with Crippen molar-refractivity contribution in [3.8, 4) is 34.3 Å². The van der Waals surface area contributed by atoms with Gasteiger partial charge in [0.05, 0.1) is 19.3 Å². The first-order chi connectivity index (χ1) is 25.1. The average molecular weight is 757 g/mol. The Labute approximate surface area is 298 Å². The van der Waals surface area contributed by atoms with E-state index in [4.69, 9.17) is 32.8 Å². The smallest absolute Gasteiger partial charge is 0.239 e. The van der Waals surface area contributed by atoms with Crippen molar-refractivity contribution >= 4 is 11.0 Å². The van der Waals surface area contributed by atoms with Gasteiger partial charge in [-0.05, 0) is 31.2 Å². The Morgan fingerprint density at radius 1 is 0.660 bits per heavy atom. The fraction of sp³-hybridized carbons (Fsp3) is 0.545. The highest BCUT2D eigenvalue weighted by Crippen LogP contribution is 2.39. The van der Waals surface area contributed by atoms with Crippen molar-refractivity contribution in [1.29, 1.82) is 0 Å². The first kappa shape index (κ1) is 39.0. The number of ether oxygens (including phenoxy) is 6. The van der Waals surface area contributed by atoms with Gasteiger partial charge in [-0.15, -0.1) is 0 Å². The lowest BCUT2D eigenvalue weighted by Gasteiger charge is -2.45. The topological polar surface area (TPSA) is 328 Å². The summed E-state index contributed by atoms with van der Waals surface area (Å²) in [6.45, 7) is -0.102. The highest BCUT2D eigenvalue weighted by atomic mass is 16.7. The number of hydrogen-bond donors (Lipinski definition) is 12. The Morgan fingerprint density at radius 3 is 1.81 bits per heavy atom. The van der Waals surface area contributed by atoms with E-state index in [1.165, 1.54) is 31.2 Å². The molecule has 4 heterocycles. The van der Waals surface area contributed by atoms with Crippen LogP contribution in [-0.4, -0.2) is 167 Å². The number of rotatable bonds is 9. The van der Waals surface area contributed by atoms with Crippen molar-refractivity contribution in [2.24, 2.45) is 0 Å². The number of benzene rings is 2. The predicted molar refractivity (Wildman–Crippen MR) is 171 cm³/mol. The van der Waals surface area contributed by atoms with E-state index < -0.39 is 128 Å². The van der Waals surface area contributed by atoms with E-state index in [-0.39, 0.29) is 28.4 Å². The van der Waals surface area contributed by atoms with Gasteiger partial charge in [0.15, 0.2) is 12.1 Å². The molecule has 1 aromatic heterocycles. The van der Waals surface area contributed by atoms with Crippen molar-refractivity contribution in [2.45, 2.75) is 99.0 Å². The fourth-order valence-corrected chi connectivity index (χ4v) is 6.28. The summed E-state index contributed by atoms with van der Waals surface area (Å²) in [5.41, 5.74) is -1.18. The Bertz CT molecular complexity index is 1780. The van der Waals surface area contributed by atoms with E-state index in [0.717, 1.165) is 12.1 Å². The second-order valence-electron chi connectivity index (χ2n) is 12.9. The molecule has 0 aliphatic carbocycles. The van der Waals surface area contributed by atoms with Crippen LogP contribution in [0.3, 0.4) is 0 Å². The zero-order valence-corrected chi connectivity index (χ0v) is 27.7. The zero-order valence-electron chi connectivity index (χ0n) is 27.7. The maximum absolute atomic E-state index is 13.9. The Hall–Kier alpha value is -3.71. The van der Waals surface area contributed by atoms with Gasteiger partial charge in [0.2, 0.25) is 23.8 Å². The van der Waals surface area contributed by atoms with Crippen molar-refractivity contribution in [3.05, 3.63) is 46.6 Å². The molecule has 12 N–H and O–H groups in total. The number of hydrogen-bond acceptors (Lipinski definition) is 20. The predicted octanol–water partition coefficient (Wildman–Crippen LogP) is -3.92. The first-order valence-electron chi connectivity index (χ1n) is 16.4. The van der Waals surface area contributed by atoms with E-state index in [1.54, 1.807) is 0 Å². The Balaban J connectivity index is 1.28. The molecular weight excluding hydrogens is 716 g/mol. The molecule has 3 aromatic rings. The maximum atomic E-state index is 13.9. The van der Waals surface area contributed by atoms with Gasteiger partial charge in [0.25, 0.3) is 0 Å². The highest BCUT2D eigenvalue weighted by Gasteiger charge is 2.50. The van der Waals surface area contributed by atoms with Crippen LogP contribution in [-0.2, 0) is 18.9 Å². The van der Waals surface area contributed by atoms with Crippen LogP contribution in [0.2, 0.25) is 0 Å². The molecule has 292 valence electrons. The second kappa shape index (κ2) is 15.6. The molecule has 20 nitrogen and oxygen atoms in total. The molecule has 0 unspecified atom stereocenters. The summed E-state index contributed by atoms with van der Waals surface area (Å²) in [6, 6.07) is 7.31. The van der Waals surface area contributed by atoms with Crippen molar-refractivity contribution in [3.63, 3.8) is 0 Å². The lowest BCUT2D eigenvalue weighted by molar-refractivity contribution is -0.348. The van der Waals surface area contributed by atoms with Gasteiger partial charge in [-0.3, -0.25) is 4.79 Å². The van der Waals surface area contributed by atoms with Crippen LogP contribution < -0.4 is 14.9 Å². The maximum Gasteiger partial charge on any atom is 0.239 e. The molecule has 0 radical (unpaired) electrons. The fourth-order valence-electron chi connectivity index (χ4n) is 6.28. The van der Waals surface area contributed by atoms with Crippen LogP contribution in [0.15, 0.2) is 45.6 Å². The minimum Gasteiger partial charge on any atom is -0.508 e. The molecule has 0 spiro atoms. The van der Waals surface area contributed by atoms with E-state index >= 15 is 0 Å². The molecule has 0 amide bonds. The summed E-state index contributed by atoms with van der Waals surface area (Å²) in [4.78, 5) is 13.9. The van der Waals surface area contributed by atoms with Crippen molar-refractivity contribution < 1.29 is 94.1 Å². The second-order valence-corrected chi connectivity index (χ2v) is 12.9. The van der Waals surface area contributed by atoms with Crippen LogP contribution in [0.4, 0.5) is 0 Å². The molecule has 3 saturated heterocycles. The third kappa shape index (κ3) is 7.39. The van der Waals surface area contributed by atoms with Gasteiger partial charge in [-0.25, -0.2) is 0 Å². The number of aliphatic hydroxyl groups is 10. The third-order valence-electron chi connectivity index (χ3n) is 9.29. The Morgan fingerprint density at radius 2 is 1.21 bits per heavy atom.